The molecule has 1 aliphatic carbocycles. The van der Waals surface area contributed by atoms with Gasteiger partial charge < -0.3 is 4.90 Å². The number of hydrogen-bond donors (Lipinski definition) is 0. The van der Waals surface area contributed by atoms with Gasteiger partial charge in [-0.25, -0.2) is 0 Å². The molecule has 3 nitrogen and oxygen atoms in total. The Morgan fingerprint density at radius 3 is 2.44 bits per heavy atom. The van der Waals surface area contributed by atoms with Crippen LogP contribution in [0.3, 0.4) is 0 Å². The van der Waals surface area contributed by atoms with Crippen molar-refractivity contribution in [1.29, 1.82) is 0 Å². The lowest BCUT2D eigenvalue weighted by atomic mass is 10.1. The number of aromatic nitrogens is 1. The van der Waals surface area contributed by atoms with Gasteiger partial charge in [0, 0.05) is 17.3 Å². The van der Waals surface area contributed by atoms with Gasteiger partial charge in [-0.3, -0.25) is 9.78 Å². The highest BCUT2D eigenvalue weighted by Gasteiger charge is 2.38. The van der Waals surface area contributed by atoms with Crippen LogP contribution in [0.4, 0.5) is 13.2 Å². The molecule has 0 aliphatic heterocycles. The minimum atomic E-state index is -4.53. The molecule has 1 amide bonds. The second-order valence-electron chi connectivity index (χ2n) is 6.07. The normalized spacial score (nSPS) is 15.7. The molecule has 1 aliphatic rings. The fourth-order valence-electron chi connectivity index (χ4n) is 2.81. The molecule has 0 saturated heterocycles. The second kappa shape index (κ2) is 6.67. The van der Waals surface area contributed by atoms with E-state index in [1.165, 1.54) is 6.07 Å². The van der Waals surface area contributed by atoms with E-state index < -0.39 is 11.9 Å². The first kappa shape index (κ1) is 17.7. The summed E-state index contributed by atoms with van der Waals surface area (Å²) in [5, 5.41) is 0.555. The van der Waals surface area contributed by atoms with E-state index in [2.05, 4.69) is 4.98 Å². The lowest BCUT2D eigenvalue weighted by Gasteiger charge is -2.30. The zero-order valence-electron chi connectivity index (χ0n) is 13.4. The molecule has 0 N–H and O–H groups in total. The maximum atomic E-state index is 12.9. The molecule has 1 aromatic heterocycles. The Kier molecular flexibility index (Phi) is 4.73. The van der Waals surface area contributed by atoms with Crippen LogP contribution >= 0.6 is 11.6 Å². The first-order valence-electron chi connectivity index (χ1n) is 7.89. The topological polar surface area (TPSA) is 33.2 Å². The Bertz CT molecular complexity index is 773. The summed E-state index contributed by atoms with van der Waals surface area (Å²) < 4.78 is 37.9. The van der Waals surface area contributed by atoms with Crippen molar-refractivity contribution in [2.45, 2.75) is 38.0 Å². The van der Waals surface area contributed by atoms with Crippen LogP contribution in [0.1, 0.15) is 47.4 Å². The predicted molar refractivity (Wildman–Crippen MR) is 88.3 cm³/mol. The summed E-state index contributed by atoms with van der Waals surface area (Å²) in [6.45, 7) is 1.87. The number of hydrogen-bond acceptors (Lipinski definition) is 2. The predicted octanol–water partition coefficient (Wildman–Crippen LogP) is 5.12. The highest BCUT2D eigenvalue weighted by atomic mass is 35.5. The molecule has 132 valence electrons. The molecule has 1 unspecified atom stereocenters. The van der Waals surface area contributed by atoms with Gasteiger partial charge in [-0.1, -0.05) is 29.8 Å². The van der Waals surface area contributed by atoms with Crippen molar-refractivity contribution in [3.8, 4) is 0 Å². The molecule has 25 heavy (non-hydrogen) atoms. The highest BCUT2D eigenvalue weighted by molar-refractivity contribution is 6.31. The van der Waals surface area contributed by atoms with E-state index in [-0.39, 0.29) is 23.6 Å². The Hall–Kier alpha value is -2.08. The van der Waals surface area contributed by atoms with Crippen molar-refractivity contribution in [1.82, 2.24) is 9.88 Å². The zero-order chi connectivity index (χ0) is 18.2. The van der Waals surface area contributed by atoms with Crippen molar-refractivity contribution in [3.63, 3.8) is 0 Å². The van der Waals surface area contributed by atoms with Crippen molar-refractivity contribution in [2.24, 2.45) is 0 Å². The summed E-state index contributed by atoms with van der Waals surface area (Å²) in [7, 11) is 0. The Morgan fingerprint density at radius 1 is 1.24 bits per heavy atom. The van der Waals surface area contributed by atoms with Crippen LogP contribution in [0, 0.1) is 0 Å². The van der Waals surface area contributed by atoms with Gasteiger partial charge in [0.05, 0.1) is 11.6 Å². The van der Waals surface area contributed by atoms with Gasteiger partial charge >= 0.3 is 6.18 Å². The van der Waals surface area contributed by atoms with E-state index >= 15 is 0 Å². The maximum Gasteiger partial charge on any atom is 0.433 e. The van der Waals surface area contributed by atoms with Crippen LogP contribution in [0.25, 0.3) is 0 Å². The standard InChI is InChI=1S/C18H16ClF3N2O/c1-11(14-4-2-3-5-15(14)19)24(13-7-8-13)17(25)12-6-9-16(23-10-12)18(20,21)22/h2-6,9-11,13H,7-8H2,1H3. The van der Waals surface area contributed by atoms with Crippen molar-refractivity contribution < 1.29 is 18.0 Å². The molecule has 1 heterocycles. The summed E-state index contributed by atoms with van der Waals surface area (Å²) >= 11 is 6.23. The summed E-state index contributed by atoms with van der Waals surface area (Å²) in [6, 6.07) is 9.04. The first-order chi connectivity index (χ1) is 11.8. The molecule has 0 radical (unpaired) electrons. The largest absolute Gasteiger partial charge is 0.433 e. The molecule has 1 saturated carbocycles. The Balaban J connectivity index is 1.88. The van der Waals surface area contributed by atoms with E-state index in [0.29, 0.717) is 5.02 Å². The zero-order valence-corrected chi connectivity index (χ0v) is 14.2. The summed E-state index contributed by atoms with van der Waals surface area (Å²) in [5.74, 6) is -0.337. The molecule has 0 spiro atoms. The van der Waals surface area contributed by atoms with E-state index in [9.17, 15) is 18.0 Å². The fourth-order valence-corrected chi connectivity index (χ4v) is 3.11. The average Bonchev–Trinajstić information content (AvgIpc) is 3.39. The van der Waals surface area contributed by atoms with E-state index in [1.54, 1.807) is 11.0 Å². The molecule has 1 fully saturated rings. The van der Waals surface area contributed by atoms with Crippen molar-refractivity contribution in [3.05, 3.63) is 64.4 Å². The van der Waals surface area contributed by atoms with Crippen LogP contribution in [0.2, 0.25) is 5.02 Å². The van der Waals surface area contributed by atoms with Crippen molar-refractivity contribution in [2.75, 3.05) is 0 Å². The first-order valence-corrected chi connectivity index (χ1v) is 8.27. The Labute approximate surface area is 148 Å². The van der Waals surface area contributed by atoms with Crippen LogP contribution in [0.15, 0.2) is 42.6 Å². The number of alkyl halides is 3. The Morgan fingerprint density at radius 2 is 1.92 bits per heavy atom. The van der Waals surface area contributed by atoms with Gasteiger partial charge in [0.25, 0.3) is 5.91 Å². The smallest absolute Gasteiger partial charge is 0.329 e. The van der Waals surface area contributed by atoms with Gasteiger partial charge in [-0.2, -0.15) is 13.2 Å². The third-order valence-corrected chi connectivity index (χ3v) is 4.59. The van der Waals surface area contributed by atoms with Gasteiger partial charge in [-0.15, -0.1) is 0 Å². The maximum absolute atomic E-state index is 12.9. The van der Waals surface area contributed by atoms with Crippen molar-refractivity contribution >= 4 is 17.5 Å². The van der Waals surface area contributed by atoms with Gasteiger partial charge in [-0.05, 0) is 43.5 Å². The van der Waals surface area contributed by atoms with E-state index in [1.807, 2.05) is 25.1 Å². The van der Waals surface area contributed by atoms with Crippen LogP contribution < -0.4 is 0 Å². The second-order valence-corrected chi connectivity index (χ2v) is 6.48. The number of carbonyl (C=O) groups excluding carboxylic acids is 1. The van der Waals surface area contributed by atoms with Gasteiger partial charge in [0.15, 0.2) is 0 Å². The van der Waals surface area contributed by atoms with Crippen LogP contribution in [-0.2, 0) is 6.18 Å². The monoisotopic (exact) mass is 368 g/mol. The van der Waals surface area contributed by atoms with E-state index in [0.717, 1.165) is 30.7 Å². The average molecular weight is 369 g/mol. The quantitative estimate of drug-likeness (QED) is 0.750. The lowest BCUT2D eigenvalue weighted by molar-refractivity contribution is -0.141. The number of benzene rings is 1. The molecule has 1 aromatic carbocycles. The highest BCUT2D eigenvalue weighted by Crippen LogP contribution is 2.37. The number of carbonyl (C=O) groups is 1. The molecular weight excluding hydrogens is 353 g/mol. The summed E-state index contributed by atoms with van der Waals surface area (Å²) in [4.78, 5) is 17.9. The fraction of sp³-hybridized carbons (Fsp3) is 0.333. The third-order valence-electron chi connectivity index (χ3n) is 4.25. The summed E-state index contributed by atoms with van der Waals surface area (Å²) in [6.07, 6.45) is -1.80. The number of rotatable bonds is 4. The lowest BCUT2D eigenvalue weighted by Crippen LogP contribution is -2.35. The molecule has 3 rings (SSSR count). The molecule has 0 bridgehead atoms. The number of nitrogens with zero attached hydrogens (tertiary/aromatic N) is 2. The molecule has 1 atom stereocenters. The summed E-state index contributed by atoms with van der Waals surface area (Å²) in [5.41, 5.74) is -0.0655. The third kappa shape index (κ3) is 3.79. The SMILES string of the molecule is CC(c1ccccc1Cl)N(C(=O)c1ccc(C(F)(F)F)nc1)C1CC1. The minimum Gasteiger partial charge on any atom is -0.329 e. The number of amides is 1. The molecule has 7 heteroatoms. The minimum absolute atomic E-state index is 0.0704. The number of halogens is 4. The van der Waals surface area contributed by atoms with E-state index in [4.69, 9.17) is 11.6 Å². The molecule has 2 aromatic rings. The van der Waals surface area contributed by atoms with Crippen LogP contribution in [0.5, 0.6) is 0 Å². The molecular formula is C18H16ClF3N2O. The van der Waals surface area contributed by atoms with Gasteiger partial charge in [0.2, 0.25) is 0 Å². The van der Waals surface area contributed by atoms with Gasteiger partial charge in [0.1, 0.15) is 5.69 Å². The van der Waals surface area contributed by atoms with Crippen LogP contribution in [-0.4, -0.2) is 21.8 Å². The number of pyridine rings is 1.